The molecule has 0 spiro atoms. The third-order valence-electron chi connectivity index (χ3n) is 13.3. The zero-order valence-corrected chi connectivity index (χ0v) is 45.6. The quantitative estimate of drug-likeness (QED) is 0.0143. The van der Waals surface area contributed by atoms with Crippen molar-refractivity contribution in [3.8, 4) is 22.5 Å². The standard InChI is InChI=1S/C55H71N7O9S3/c1-5-59(6-2)40-26-28-44-48(37-40)71-49-38-41(60(7-3)8-4)27-29-45(49)54(44)42-19-13-14-20-43(42)55(67)62-34-32-61(33-35-62)53(66)25-16-15-23-51(65)58-46(39-74(68,69)70)47(63)21-11-9-10-12-22-50(64)56-31-36-72-73-52-24-17-18-30-57-52/h13-14,17-20,24,26-30,37-38,46H,5-12,15-16,21-23,25,31-36,39H2,1-4H3,(H2-,56,58,64,65,68,69,70)/p+1. The molecule has 1 unspecified atom stereocenters. The van der Waals surface area contributed by atoms with E-state index in [1.54, 1.807) is 37.6 Å². The van der Waals surface area contributed by atoms with Crippen LogP contribution in [0.3, 0.4) is 0 Å². The maximum Gasteiger partial charge on any atom is 0.267 e. The van der Waals surface area contributed by atoms with E-state index in [0.717, 1.165) is 81.4 Å². The predicted octanol–water partition coefficient (Wildman–Crippen LogP) is 7.94. The van der Waals surface area contributed by atoms with E-state index in [9.17, 15) is 36.9 Å². The summed E-state index contributed by atoms with van der Waals surface area (Å²) in [5.41, 5.74) is 4.97. The van der Waals surface area contributed by atoms with Crippen LogP contribution in [0, 0.1) is 0 Å². The highest BCUT2D eigenvalue weighted by Gasteiger charge is 2.29. The first-order chi connectivity index (χ1) is 35.7. The number of benzene rings is 3. The summed E-state index contributed by atoms with van der Waals surface area (Å²) in [6.45, 7) is 13.9. The van der Waals surface area contributed by atoms with Crippen LogP contribution >= 0.6 is 21.6 Å². The van der Waals surface area contributed by atoms with Gasteiger partial charge in [0.2, 0.25) is 23.1 Å². The zero-order chi connectivity index (χ0) is 53.0. The number of unbranched alkanes of at least 4 members (excludes halogenated alkanes) is 4. The number of piperazine rings is 1. The summed E-state index contributed by atoms with van der Waals surface area (Å²) in [5, 5.41) is 8.25. The Labute approximate surface area is 443 Å². The maximum atomic E-state index is 14.5. The lowest BCUT2D eigenvalue weighted by atomic mass is 9.90. The number of ketones is 1. The molecule has 398 valence electrons. The lowest BCUT2D eigenvalue weighted by molar-refractivity contribution is -0.133. The molecule has 16 nitrogen and oxygen atoms in total. The lowest BCUT2D eigenvalue weighted by Gasteiger charge is -2.35. The molecule has 3 aromatic rings. The monoisotopic (exact) mass is 1070 g/mol. The van der Waals surface area contributed by atoms with Crippen LogP contribution in [0.1, 0.15) is 102 Å². The molecule has 2 aromatic carbocycles. The van der Waals surface area contributed by atoms with Crippen molar-refractivity contribution in [1.82, 2.24) is 30.0 Å². The molecular formula is C55H72N7O9S3+. The number of fused-ring (bicyclic) bond motifs is 2. The highest BCUT2D eigenvalue weighted by molar-refractivity contribution is 8.76. The summed E-state index contributed by atoms with van der Waals surface area (Å²) in [6, 6.07) is 24.6. The van der Waals surface area contributed by atoms with Crippen LogP contribution in [0.2, 0.25) is 0 Å². The maximum absolute atomic E-state index is 14.5. The van der Waals surface area contributed by atoms with E-state index in [2.05, 4.69) is 89.2 Å². The van der Waals surface area contributed by atoms with Crippen molar-refractivity contribution in [2.45, 2.75) is 103 Å². The van der Waals surface area contributed by atoms with Crippen molar-refractivity contribution in [2.24, 2.45) is 0 Å². The van der Waals surface area contributed by atoms with Crippen molar-refractivity contribution in [2.75, 3.05) is 75.3 Å². The molecule has 6 rings (SSSR count). The van der Waals surface area contributed by atoms with Gasteiger partial charge in [-0.15, -0.1) is 0 Å². The molecule has 19 heteroatoms. The fraction of sp³-hybridized carbons (Fsp3) is 0.473. The number of nitrogens with one attached hydrogen (secondary N) is 2. The Bertz CT molecular complexity index is 2840. The molecule has 3 N–H and O–H groups in total. The smallest absolute Gasteiger partial charge is 0.267 e. The zero-order valence-electron chi connectivity index (χ0n) is 43.2. The van der Waals surface area contributed by atoms with E-state index in [1.807, 2.05) is 42.5 Å². The van der Waals surface area contributed by atoms with Gasteiger partial charge in [0, 0.05) is 123 Å². The number of amides is 4. The molecule has 1 aliphatic carbocycles. The first kappa shape index (κ1) is 57.5. The summed E-state index contributed by atoms with van der Waals surface area (Å²) < 4.78 is 42.1. The average Bonchev–Trinajstić information content (AvgIpc) is 3.40. The summed E-state index contributed by atoms with van der Waals surface area (Å²) >= 11 is 0. The van der Waals surface area contributed by atoms with Gasteiger partial charge in [-0.1, -0.05) is 47.9 Å². The van der Waals surface area contributed by atoms with Gasteiger partial charge < -0.3 is 29.8 Å². The van der Waals surface area contributed by atoms with Crippen molar-refractivity contribution < 1.29 is 41.4 Å². The third kappa shape index (κ3) is 16.6. The number of carbonyl (C=O) groups is 5. The Hall–Kier alpha value is -5.76. The van der Waals surface area contributed by atoms with Crippen molar-refractivity contribution in [1.29, 1.82) is 0 Å². The molecular weight excluding hydrogens is 999 g/mol. The average molecular weight is 1070 g/mol. The minimum Gasteiger partial charge on any atom is -0.456 e. The number of aromatic nitrogens is 1. The van der Waals surface area contributed by atoms with Crippen molar-refractivity contribution in [3.63, 3.8) is 0 Å². The number of pyridine rings is 1. The van der Waals surface area contributed by atoms with Crippen LogP contribution in [-0.4, -0.2) is 134 Å². The molecule has 3 aliphatic rings. The SMILES string of the molecule is CCN(CC)c1ccc2c(-c3ccccc3C(=O)N3CCN(C(=O)CCCCC(=O)NC(CS(=O)(=O)O)C(=O)CCCCCCC(=O)NCCSSc4ccccn4)CC3)c3ccc(=[N+](CC)CC)cc-3oc2c1. The highest BCUT2D eigenvalue weighted by atomic mass is 33.1. The Morgan fingerprint density at radius 1 is 0.770 bits per heavy atom. The van der Waals surface area contributed by atoms with Crippen LogP contribution < -0.4 is 25.5 Å². The van der Waals surface area contributed by atoms with Gasteiger partial charge in [-0.2, -0.15) is 8.42 Å². The van der Waals surface area contributed by atoms with Crippen LogP contribution in [0.5, 0.6) is 0 Å². The Morgan fingerprint density at radius 3 is 2.15 bits per heavy atom. The summed E-state index contributed by atoms with van der Waals surface area (Å²) in [4.78, 5) is 76.1. The fourth-order valence-corrected chi connectivity index (χ4v) is 11.8. The Kier molecular flexibility index (Phi) is 22.4. The first-order valence-corrected chi connectivity index (χ1v) is 29.9. The van der Waals surface area contributed by atoms with Gasteiger partial charge in [-0.25, -0.2) is 9.56 Å². The predicted molar refractivity (Wildman–Crippen MR) is 296 cm³/mol. The molecule has 0 saturated carbocycles. The normalized spacial score (nSPS) is 13.2. The highest BCUT2D eigenvalue weighted by Crippen LogP contribution is 2.42. The number of hydrogen-bond donors (Lipinski definition) is 3. The Balaban J connectivity index is 0.961. The third-order valence-corrected chi connectivity index (χ3v) is 16.3. The largest absolute Gasteiger partial charge is 0.456 e. The molecule has 4 amide bonds. The minimum absolute atomic E-state index is 0.00587. The van der Waals surface area contributed by atoms with E-state index in [1.165, 1.54) is 0 Å². The number of carbonyl (C=O) groups excluding carboxylic acids is 5. The molecule has 0 bridgehead atoms. The fourth-order valence-electron chi connectivity index (χ4n) is 9.29. The van der Waals surface area contributed by atoms with E-state index in [0.29, 0.717) is 83.2 Å². The van der Waals surface area contributed by atoms with Crippen LogP contribution in [-0.2, 0) is 29.3 Å². The van der Waals surface area contributed by atoms with E-state index >= 15 is 0 Å². The van der Waals surface area contributed by atoms with Gasteiger partial charge in [-0.3, -0.25) is 28.5 Å². The number of rotatable bonds is 28. The molecule has 0 radical (unpaired) electrons. The Morgan fingerprint density at radius 2 is 1.45 bits per heavy atom. The molecule has 3 heterocycles. The van der Waals surface area contributed by atoms with E-state index < -0.39 is 33.6 Å². The minimum atomic E-state index is -4.57. The van der Waals surface area contributed by atoms with Crippen molar-refractivity contribution in [3.05, 3.63) is 96.0 Å². The number of Topliss-reactive ketones (excluding diaryl/α,β-unsaturated/α-hetero) is 1. The molecule has 1 atom stereocenters. The van der Waals surface area contributed by atoms with Gasteiger partial charge in [0.15, 0.2) is 5.78 Å². The summed E-state index contributed by atoms with van der Waals surface area (Å²) in [6.07, 6.45) is 5.33. The summed E-state index contributed by atoms with van der Waals surface area (Å²) in [7, 11) is -1.41. The number of nitrogens with zero attached hydrogens (tertiary/aromatic N) is 5. The summed E-state index contributed by atoms with van der Waals surface area (Å²) in [5.74, 6) is -0.783. The van der Waals surface area contributed by atoms with Crippen LogP contribution in [0.4, 0.5) is 5.69 Å². The lowest BCUT2D eigenvalue weighted by Crippen LogP contribution is -2.50. The number of anilines is 1. The second-order valence-corrected chi connectivity index (χ2v) is 22.2. The molecule has 74 heavy (non-hydrogen) atoms. The van der Waals surface area contributed by atoms with Crippen LogP contribution in [0.25, 0.3) is 33.4 Å². The second-order valence-electron chi connectivity index (χ2n) is 18.3. The van der Waals surface area contributed by atoms with E-state index in [-0.39, 0.29) is 37.0 Å². The van der Waals surface area contributed by atoms with Crippen LogP contribution in [0.15, 0.2) is 94.5 Å². The van der Waals surface area contributed by atoms with Gasteiger partial charge in [-0.05, 0) is 106 Å². The topological polar surface area (TPSA) is 203 Å². The molecule has 1 saturated heterocycles. The number of hydrogen-bond acceptors (Lipinski definition) is 12. The first-order valence-electron chi connectivity index (χ1n) is 26.0. The van der Waals surface area contributed by atoms with E-state index in [4.69, 9.17) is 4.42 Å². The molecule has 2 aliphatic heterocycles. The van der Waals surface area contributed by atoms with Crippen molar-refractivity contribution >= 4 is 77.8 Å². The molecule has 1 aromatic heterocycles. The van der Waals surface area contributed by atoms with Gasteiger partial charge in [0.25, 0.3) is 16.0 Å². The molecule has 1 fully saturated rings. The van der Waals surface area contributed by atoms with Gasteiger partial charge in [0.05, 0.1) is 6.07 Å². The van der Waals surface area contributed by atoms with Gasteiger partial charge >= 0.3 is 0 Å². The second kappa shape index (κ2) is 28.8. The van der Waals surface area contributed by atoms with Gasteiger partial charge in [0.1, 0.15) is 41.3 Å².